The summed E-state index contributed by atoms with van der Waals surface area (Å²) >= 11 is 0. The zero-order valence-corrected chi connectivity index (χ0v) is 22.4. The van der Waals surface area contributed by atoms with E-state index in [1.807, 2.05) is 30.5 Å². The molecule has 2 atom stereocenters. The monoisotopic (exact) mass is 527 g/mol. The summed E-state index contributed by atoms with van der Waals surface area (Å²) in [6, 6.07) is 26.0. The fourth-order valence-electron chi connectivity index (χ4n) is 5.81. The Morgan fingerprint density at radius 3 is 2.23 bits per heavy atom. The van der Waals surface area contributed by atoms with Crippen molar-refractivity contribution in [1.29, 1.82) is 0 Å². The highest BCUT2D eigenvalue weighted by atomic mass is 15.2. The third-order valence-electron chi connectivity index (χ3n) is 7.88. The van der Waals surface area contributed by atoms with Crippen LogP contribution < -0.4 is 5.32 Å². The number of aromatic amines is 2. The van der Waals surface area contributed by atoms with Gasteiger partial charge in [-0.05, 0) is 59.9 Å². The summed E-state index contributed by atoms with van der Waals surface area (Å²) < 4.78 is 0. The van der Waals surface area contributed by atoms with Crippen LogP contribution in [-0.2, 0) is 26.2 Å². The minimum Gasteiger partial charge on any atom is -0.341 e. The molecule has 1 aliphatic heterocycles. The Labute approximate surface area is 233 Å². The van der Waals surface area contributed by atoms with E-state index in [1.165, 1.54) is 16.7 Å². The van der Waals surface area contributed by atoms with Gasteiger partial charge in [-0.2, -0.15) is 0 Å². The summed E-state index contributed by atoms with van der Waals surface area (Å²) in [6.45, 7) is 3.12. The number of nitrogens with one attached hydrogen (secondary N) is 3. The smallest absolute Gasteiger partial charge is 0.121 e. The highest BCUT2D eigenvalue weighted by Gasteiger charge is 2.27. The number of para-hydroxylation sites is 4. The van der Waals surface area contributed by atoms with Crippen molar-refractivity contribution in [2.24, 2.45) is 4.99 Å². The van der Waals surface area contributed by atoms with E-state index in [9.17, 15) is 0 Å². The van der Waals surface area contributed by atoms with E-state index in [0.29, 0.717) is 18.6 Å². The minimum atomic E-state index is 0.306. The van der Waals surface area contributed by atoms with Gasteiger partial charge >= 0.3 is 0 Å². The van der Waals surface area contributed by atoms with Gasteiger partial charge in [-0.1, -0.05) is 60.7 Å². The SMILES string of the molecule is C1=CC2=CC(N(Cc3ccc(CNCc4nc5ccccc5[nH]4)cc3)Cc3nc4ccccc4[nH]3)CCC2N=C1. The third-order valence-corrected chi connectivity index (χ3v) is 7.88. The van der Waals surface area contributed by atoms with E-state index in [-0.39, 0.29) is 0 Å². The maximum atomic E-state index is 4.89. The van der Waals surface area contributed by atoms with Crippen molar-refractivity contribution in [1.82, 2.24) is 30.2 Å². The number of benzene rings is 3. The van der Waals surface area contributed by atoms with Crippen molar-refractivity contribution in [3.05, 3.63) is 119 Å². The Morgan fingerprint density at radius 2 is 1.45 bits per heavy atom. The largest absolute Gasteiger partial charge is 0.341 e. The summed E-state index contributed by atoms with van der Waals surface area (Å²) in [6.07, 6.45) is 10.8. The van der Waals surface area contributed by atoms with Crippen molar-refractivity contribution in [3.8, 4) is 0 Å². The number of rotatable bonds is 9. The normalized spacial score (nSPS) is 18.5. The van der Waals surface area contributed by atoms with Crippen molar-refractivity contribution >= 4 is 28.3 Å². The van der Waals surface area contributed by atoms with Gasteiger partial charge in [0.1, 0.15) is 11.6 Å². The van der Waals surface area contributed by atoms with E-state index in [4.69, 9.17) is 4.98 Å². The lowest BCUT2D eigenvalue weighted by molar-refractivity contribution is 0.188. The zero-order valence-electron chi connectivity index (χ0n) is 22.4. The second-order valence-electron chi connectivity index (χ2n) is 10.7. The molecule has 0 saturated heterocycles. The number of nitrogens with zero attached hydrogens (tertiary/aromatic N) is 4. The van der Waals surface area contributed by atoms with Crippen LogP contribution in [0.3, 0.4) is 0 Å². The topological polar surface area (TPSA) is 85.0 Å². The van der Waals surface area contributed by atoms with Crippen molar-refractivity contribution in [3.63, 3.8) is 0 Å². The van der Waals surface area contributed by atoms with Gasteiger partial charge < -0.3 is 15.3 Å². The number of fused-ring (bicyclic) bond motifs is 3. The lowest BCUT2D eigenvalue weighted by Gasteiger charge is -2.34. The highest BCUT2D eigenvalue weighted by Crippen LogP contribution is 2.29. The molecule has 3 heterocycles. The number of imidazole rings is 2. The van der Waals surface area contributed by atoms with Gasteiger partial charge in [-0.15, -0.1) is 0 Å². The van der Waals surface area contributed by atoms with Gasteiger partial charge in [0.15, 0.2) is 0 Å². The molecular weight excluding hydrogens is 494 g/mol. The summed E-state index contributed by atoms with van der Waals surface area (Å²) in [5, 5.41) is 3.52. The molecule has 0 bridgehead atoms. The molecule has 7 nitrogen and oxygen atoms in total. The van der Waals surface area contributed by atoms with Gasteiger partial charge in [0.05, 0.1) is 41.2 Å². The molecule has 0 spiro atoms. The van der Waals surface area contributed by atoms with E-state index in [0.717, 1.165) is 66.2 Å². The average Bonchev–Trinajstić information content (AvgIpc) is 3.60. The molecule has 2 unspecified atom stereocenters. The first-order valence-corrected chi connectivity index (χ1v) is 14.1. The fourth-order valence-corrected chi connectivity index (χ4v) is 5.81. The van der Waals surface area contributed by atoms with E-state index in [1.54, 1.807) is 0 Å². The molecule has 200 valence electrons. The molecule has 0 fully saturated rings. The van der Waals surface area contributed by atoms with Crippen molar-refractivity contribution in [2.45, 2.75) is 51.1 Å². The Bertz CT molecular complexity index is 1640. The van der Waals surface area contributed by atoms with Gasteiger partial charge in [-0.3, -0.25) is 9.89 Å². The van der Waals surface area contributed by atoms with E-state index >= 15 is 0 Å². The average molecular weight is 528 g/mol. The molecule has 1 aliphatic carbocycles. The summed E-state index contributed by atoms with van der Waals surface area (Å²) in [7, 11) is 0. The minimum absolute atomic E-state index is 0.306. The lowest BCUT2D eigenvalue weighted by Crippen LogP contribution is -2.37. The number of hydrogen-bond donors (Lipinski definition) is 3. The number of dihydropyridines is 1. The van der Waals surface area contributed by atoms with Crippen LogP contribution in [0.1, 0.15) is 35.6 Å². The molecule has 0 amide bonds. The number of H-pyrrole nitrogens is 2. The Hall–Kier alpha value is -4.33. The number of hydrogen-bond acceptors (Lipinski definition) is 5. The Balaban J connectivity index is 1.04. The van der Waals surface area contributed by atoms with Gasteiger partial charge in [0.2, 0.25) is 0 Å². The molecule has 40 heavy (non-hydrogen) atoms. The number of aromatic nitrogens is 4. The van der Waals surface area contributed by atoms with Crippen LogP contribution in [0.5, 0.6) is 0 Å². The van der Waals surface area contributed by atoms with Gasteiger partial charge in [-0.25, -0.2) is 9.97 Å². The maximum Gasteiger partial charge on any atom is 0.121 e. The van der Waals surface area contributed by atoms with Crippen LogP contribution in [0.25, 0.3) is 22.1 Å². The predicted molar refractivity (Wildman–Crippen MR) is 161 cm³/mol. The van der Waals surface area contributed by atoms with Crippen LogP contribution in [0.15, 0.2) is 102 Å². The van der Waals surface area contributed by atoms with Crippen LogP contribution in [0, 0.1) is 0 Å². The molecule has 0 radical (unpaired) electrons. The maximum absolute atomic E-state index is 4.89. The van der Waals surface area contributed by atoms with Crippen molar-refractivity contribution < 1.29 is 0 Å². The highest BCUT2D eigenvalue weighted by molar-refractivity contribution is 5.75. The molecule has 2 aliphatic rings. The first-order chi connectivity index (χ1) is 19.8. The van der Waals surface area contributed by atoms with Crippen LogP contribution >= 0.6 is 0 Å². The molecule has 2 aromatic heterocycles. The number of aliphatic imine (C=N–C) groups is 1. The van der Waals surface area contributed by atoms with Crippen LogP contribution in [-0.4, -0.2) is 43.1 Å². The fraction of sp³-hybridized carbons (Fsp3) is 0.242. The summed E-state index contributed by atoms with van der Waals surface area (Å²) in [5.41, 5.74) is 8.08. The second-order valence-corrected chi connectivity index (χ2v) is 10.7. The lowest BCUT2D eigenvalue weighted by atomic mass is 9.89. The summed E-state index contributed by atoms with van der Waals surface area (Å²) in [5.74, 6) is 1.96. The summed E-state index contributed by atoms with van der Waals surface area (Å²) in [4.78, 5) is 23.7. The Morgan fingerprint density at radius 1 is 0.750 bits per heavy atom. The zero-order chi connectivity index (χ0) is 26.7. The second kappa shape index (κ2) is 11.0. The molecule has 7 rings (SSSR count). The molecule has 0 saturated carbocycles. The number of allylic oxidation sites excluding steroid dienone is 1. The van der Waals surface area contributed by atoms with Gasteiger partial charge in [0.25, 0.3) is 0 Å². The van der Waals surface area contributed by atoms with E-state index < -0.39 is 0 Å². The first-order valence-electron chi connectivity index (χ1n) is 14.1. The van der Waals surface area contributed by atoms with Crippen LogP contribution in [0.2, 0.25) is 0 Å². The molecule has 3 N–H and O–H groups in total. The van der Waals surface area contributed by atoms with E-state index in [2.05, 4.69) is 96.9 Å². The molecule has 5 aromatic rings. The third kappa shape index (κ3) is 5.39. The van der Waals surface area contributed by atoms with Gasteiger partial charge in [0, 0.05) is 25.3 Å². The van der Waals surface area contributed by atoms with Crippen LogP contribution in [0.4, 0.5) is 0 Å². The Kier molecular flexibility index (Phi) is 6.81. The van der Waals surface area contributed by atoms with Crippen molar-refractivity contribution in [2.75, 3.05) is 0 Å². The molecule has 7 heteroatoms. The molecule has 3 aromatic carbocycles. The predicted octanol–water partition coefficient (Wildman–Crippen LogP) is 5.83. The first kappa shape index (κ1) is 24.7. The quantitative estimate of drug-likeness (QED) is 0.225. The molecular formula is C33H33N7. The standard InChI is InChI=1S/C33H33N7/c1-2-8-29-28(7-1)36-32(37-29)20-34-19-23-11-13-24(14-12-23)21-40(22-33-38-30-9-3-4-10-31(30)39-33)26-15-16-27-25(18-26)6-5-17-35-27/h1-14,17-18,26-27,34H,15-16,19-22H2,(H,36,37)(H,38,39).